The molecule has 1 aliphatic rings. The van der Waals surface area contributed by atoms with Crippen molar-refractivity contribution in [2.75, 3.05) is 159 Å². The van der Waals surface area contributed by atoms with Crippen LogP contribution in [0.4, 0.5) is 4.79 Å². The fourth-order valence-electron chi connectivity index (χ4n) is 6.51. The number of benzene rings is 2. The van der Waals surface area contributed by atoms with Crippen LogP contribution in [0, 0.1) is 0 Å². The quantitative estimate of drug-likeness (QED) is 0.0696. The number of alkyl carbamates (subject to hydrolysis) is 1. The number of carbonyl (C=O) groups is 1. The summed E-state index contributed by atoms with van der Waals surface area (Å²) in [4.78, 5) is 12.3. The summed E-state index contributed by atoms with van der Waals surface area (Å²) in [7, 11) is 0. The number of rotatable bonds is 44. The Morgan fingerprint density at radius 3 is 1.10 bits per heavy atom. The van der Waals surface area contributed by atoms with E-state index >= 15 is 0 Å². The van der Waals surface area contributed by atoms with E-state index in [1.807, 2.05) is 24.3 Å². The van der Waals surface area contributed by atoms with Gasteiger partial charge in [-0.2, -0.15) is 0 Å². The summed E-state index contributed by atoms with van der Waals surface area (Å²) in [5.41, 5.74) is 4.78. The third kappa shape index (κ3) is 27.2. The van der Waals surface area contributed by atoms with Crippen molar-refractivity contribution >= 4 is 6.09 Å². The lowest BCUT2D eigenvalue weighted by Gasteiger charge is -2.14. The molecule has 0 aliphatic heterocycles. The summed E-state index contributed by atoms with van der Waals surface area (Å²) < 4.78 is 66.5. The predicted molar refractivity (Wildman–Crippen MR) is 235 cm³/mol. The topological polar surface area (TPSA) is 140 Å². The number of hydrogen-bond donors (Lipinski definition) is 1. The molecule has 0 unspecified atom stereocenters. The molecule has 1 amide bonds. The van der Waals surface area contributed by atoms with Gasteiger partial charge in [-0.1, -0.05) is 100 Å². The molecule has 0 fully saturated rings. The van der Waals surface area contributed by atoms with E-state index in [0.29, 0.717) is 145 Å². The molecular formula is C47H77NO13. The van der Waals surface area contributed by atoms with E-state index in [1.165, 1.54) is 67.2 Å². The Hall–Kier alpha value is -2.73. The van der Waals surface area contributed by atoms with Crippen LogP contribution in [0.3, 0.4) is 0 Å². The highest BCUT2D eigenvalue weighted by Gasteiger charge is 2.29. The van der Waals surface area contributed by atoms with Gasteiger partial charge in [-0.05, 0) is 28.7 Å². The van der Waals surface area contributed by atoms with Crippen molar-refractivity contribution in [1.82, 2.24) is 5.32 Å². The third-order valence-corrected chi connectivity index (χ3v) is 9.72. The van der Waals surface area contributed by atoms with Crippen LogP contribution in [0.15, 0.2) is 48.5 Å². The monoisotopic (exact) mass is 864 g/mol. The molecule has 2 aromatic carbocycles. The molecule has 0 aromatic heterocycles. The van der Waals surface area contributed by atoms with Gasteiger partial charge in [-0.25, -0.2) is 4.79 Å². The zero-order valence-electron chi connectivity index (χ0n) is 37.1. The average Bonchev–Trinajstić information content (AvgIpc) is 3.60. The standard InChI is InChI=1S/C47H77NO13/c1-2-3-4-5-6-7-8-13-19-50-21-23-52-25-27-54-29-31-56-33-35-58-37-39-60-40-38-59-36-34-57-32-30-55-28-26-53-24-22-51-20-18-48-47(49)61-41-46-44-16-11-9-14-42(44)43-15-10-12-17-45(43)46/h9-12,14-17,46H,2-8,13,18-41H2,1H3,(H,48,49). The molecule has 0 radical (unpaired) electrons. The van der Waals surface area contributed by atoms with E-state index in [9.17, 15) is 4.79 Å². The molecule has 2 aromatic rings. The Morgan fingerprint density at radius 1 is 0.410 bits per heavy atom. The van der Waals surface area contributed by atoms with E-state index in [1.54, 1.807) is 0 Å². The molecule has 0 saturated heterocycles. The molecule has 0 bridgehead atoms. The second-order valence-electron chi connectivity index (χ2n) is 14.5. The van der Waals surface area contributed by atoms with Gasteiger partial charge in [-0.3, -0.25) is 0 Å². The Bertz CT molecular complexity index is 1260. The predicted octanol–water partition coefficient (Wildman–Crippen LogP) is 6.85. The van der Waals surface area contributed by atoms with Crippen molar-refractivity contribution in [2.45, 2.75) is 64.2 Å². The summed E-state index contributed by atoms with van der Waals surface area (Å²) >= 11 is 0. The minimum absolute atomic E-state index is 0.0369. The Balaban J connectivity index is 0.915. The molecule has 3 rings (SSSR count). The smallest absolute Gasteiger partial charge is 0.407 e. The normalized spacial score (nSPS) is 12.2. The van der Waals surface area contributed by atoms with E-state index in [4.69, 9.17) is 56.8 Å². The maximum Gasteiger partial charge on any atom is 0.407 e. The second kappa shape index (κ2) is 38.9. The van der Waals surface area contributed by atoms with E-state index in [2.05, 4.69) is 36.5 Å². The molecule has 1 N–H and O–H groups in total. The van der Waals surface area contributed by atoms with Gasteiger partial charge in [0.1, 0.15) is 6.61 Å². The summed E-state index contributed by atoms with van der Waals surface area (Å²) in [6.07, 6.45) is 10.0. The lowest BCUT2D eigenvalue weighted by Crippen LogP contribution is -2.29. The lowest BCUT2D eigenvalue weighted by molar-refractivity contribution is -0.0275. The fraction of sp³-hybridized carbons (Fsp3) is 0.723. The van der Waals surface area contributed by atoms with E-state index in [-0.39, 0.29) is 12.5 Å². The zero-order chi connectivity index (χ0) is 42.9. The van der Waals surface area contributed by atoms with Crippen LogP contribution in [0.25, 0.3) is 11.1 Å². The molecule has 0 saturated carbocycles. The van der Waals surface area contributed by atoms with Gasteiger partial charge in [0.15, 0.2) is 0 Å². The largest absolute Gasteiger partial charge is 0.449 e. The van der Waals surface area contributed by atoms with Gasteiger partial charge in [0.05, 0.1) is 139 Å². The van der Waals surface area contributed by atoms with Gasteiger partial charge in [-0.15, -0.1) is 0 Å². The number of carbonyl (C=O) groups excluding carboxylic acids is 1. The SMILES string of the molecule is CCCCCCCCCCOCCOCCOCCOCCOCCOCCOCCOCCOCCOCCOCCNC(=O)OCC1c2ccccc2-c2ccccc21. The summed E-state index contributed by atoms with van der Waals surface area (Å²) in [6, 6.07) is 16.5. The minimum atomic E-state index is -0.451. The average molecular weight is 864 g/mol. The number of hydrogen-bond acceptors (Lipinski definition) is 13. The maximum absolute atomic E-state index is 12.3. The third-order valence-electron chi connectivity index (χ3n) is 9.72. The number of ether oxygens (including phenoxy) is 12. The first-order valence-electron chi connectivity index (χ1n) is 22.7. The molecule has 0 heterocycles. The van der Waals surface area contributed by atoms with Crippen LogP contribution in [0.5, 0.6) is 0 Å². The van der Waals surface area contributed by atoms with Crippen LogP contribution in [-0.4, -0.2) is 165 Å². The maximum atomic E-state index is 12.3. The lowest BCUT2D eigenvalue weighted by atomic mass is 9.98. The van der Waals surface area contributed by atoms with Crippen molar-refractivity contribution < 1.29 is 61.6 Å². The number of nitrogens with one attached hydrogen (secondary N) is 1. The summed E-state index contributed by atoms with van der Waals surface area (Å²) in [6.45, 7) is 14.3. The van der Waals surface area contributed by atoms with Crippen LogP contribution < -0.4 is 5.32 Å². The van der Waals surface area contributed by atoms with Gasteiger partial charge < -0.3 is 62.2 Å². The molecule has 0 atom stereocenters. The zero-order valence-corrected chi connectivity index (χ0v) is 37.1. The van der Waals surface area contributed by atoms with Crippen LogP contribution in [-0.2, 0) is 56.8 Å². The highest BCUT2D eigenvalue weighted by molar-refractivity contribution is 5.79. The molecule has 0 spiro atoms. The second-order valence-corrected chi connectivity index (χ2v) is 14.5. The van der Waals surface area contributed by atoms with Crippen LogP contribution in [0.1, 0.15) is 75.3 Å². The molecule has 1 aliphatic carbocycles. The van der Waals surface area contributed by atoms with E-state index in [0.717, 1.165) is 13.0 Å². The first kappa shape index (κ1) is 52.6. The summed E-state index contributed by atoms with van der Waals surface area (Å²) in [5, 5.41) is 2.75. The van der Waals surface area contributed by atoms with Gasteiger partial charge >= 0.3 is 6.09 Å². The Kier molecular flexibility index (Phi) is 33.6. The molecule has 61 heavy (non-hydrogen) atoms. The highest BCUT2D eigenvalue weighted by atomic mass is 16.6. The molecule has 14 heteroatoms. The van der Waals surface area contributed by atoms with Crippen molar-refractivity contribution in [2.24, 2.45) is 0 Å². The Labute approximate surface area is 365 Å². The van der Waals surface area contributed by atoms with E-state index < -0.39 is 6.09 Å². The fourth-order valence-corrected chi connectivity index (χ4v) is 6.51. The first-order chi connectivity index (χ1) is 30.3. The van der Waals surface area contributed by atoms with Crippen molar-refractivity contribution in [3.05, 3.63) is 59.7 Å². The van der Waals surface area contributed by atoms with Crippen LogP contribution in [0.2, 0.25) is 0 Å². The van der Waals surface area contributed by atoms with Gasteiger partial charge in [0.25, 0.3) is 0 Å². The number of fused-ring (bicyclic) bond motifs is 3. The van der Waals surface area contributed by atoms with Crippen LogP contribution >= 0.6 is 0 Å². The minimum Gasteiger partial charge on any atom is -0.449 e. The molecule has 14 nitrogen and oxygen atoms in total. The molecule has 348 valence electrons. The van der Waals surface area contributed by atoms with Crippen molar-refractivity contribution in [3.8, 4) is 11.1 Å². The van der Waals surface area contributed by atoms with Gasteiger partial charge in [0.2, 0.25) is 0 Å². The van der Waals surface area contributed by atoms with Crippen molar-refractivity contribution in [3.63, 3.8) is 0 Å². The highest BCUT2D eigenvalue weighted by Crippen LogP contribution is 2.44. The van der Waals surface area contributed by atoms with Crippen molar-refractivity contribution in [1.29, 1.82) is 0 Å². The number of unbranched alkanes of at least 4 members (excludes halogenated alkanes) is 7. The number of amides is 1. The van der Waals surface area contributed by atoms with Gasteiger partial charge in [0, 0.05) is 19.1 Å². The molecular weight excluding hydrogens is 787 g/mol. The summed E-state index contributed by atoms with van der Waals surface area (Å²) in [5.74, 6) is 0.0369. The first-order valence-corrected chi connectivity index (χ1v) is 22.7. The Morgan fingerprint density at radius 2 is 0.721 bits per heavy atom.